The zero-order valence-electron chi connectivity index (χ0n) is 10.1. The quantitative estimate of drug-likeness (QED) is 0.515. The van der Waals surface area contributed by atoms with E-state index in [2.05, 4.69) is 15.0 Å². The Morgan fingerprint density at radius 1 is 1.60 bits per heavy atom. The number of nitrogen functional groups attached to an aromatic ring is 1. The molecule has 0 saturated carbocycles. The van der Waals surface area contributed by atoms with Crippen LogP contribution in [0.5, 0.6) is 0 Å². The van der Waals surface area contributed by atoms with Crippen LogP contribution in [0.15, 0.2) is 11.1 Å². The first kappa shape index (κ1) is 13.0. The van der Waals surface area contributed by atoms with Gasteiger partial charge in [0.2, 0.25) is 5.95 Å². The molecular formula is C10H12FN5O4. The molecule has 1 saturated heterocycles. The second kappa shape index (κ2) is 4.51. The predicted molar refractivity (Wildman–Crippen MR) is 64.5 cm³/mol. The van der Waals surface area contributed by atoms with Crippen LogP contribution in [0.2, 0.25) is 0 Å². The van der Waals surface area contributed by atoms with Crippen molar-refractivity contribution in [2.24, 2.45) is 0 Å². The van der Waals surface area contributed by atoms with Crippen LogP contribution in [0, 0.1) is 0 Å². The van der Waals surface area contributed by atoms with Crippen LogP contribution in [-0.4, -0.2) is 54.7 Å². The number of anilines is 1. The number of hydrogen-bond donors (Lipinski definition) is 4. The molecule has 0 aliphatic carbocycles. The summed E-state index contributed by atoms with van der Waals surface area (Å²) < 4.78 is 20.4. The molecule has 3 rings (SSSR count). The zero-order chi connectivity index (χ0) is 14.4. The predicted octanol–water partition coefficient (Wildman–Crippen LogP) is -1.71. The average molecular weight is 285 g/mol. The number of fused-ring (bicyclic) bond motifs is 1. The summed E-state index contributed by atoms with van der Waals surface area (Å²) in [4.78, 5) is 21.6. The van der Waals surface area contributed by atoms with E-state index in [0.29, 0.717) is 0 Å². The summed E-state index contributed by atoms with van der Waals surface area (Å²) in [6.07, 6.45) is -4.36. The van der Waals surface area contributed by atoms with Crippen molar-refractivity contribution in [2.45, 2.75) is 24.6 Å². The Kier molecular flexibility index (Phi) is 2.92. The van der Waals surface area contributed by atoms with Crippen molar-refractivity contribution in [3.63, 3.8) is 0 Å². The summed E-state index contributed by atoms with van der Waals surface area (Å²) in [7, 11) is 0. The van der Waals surface area contributed by atoms with Crippen molar-refractivity contribution in [2.75, 3.05) is 12.3 Å². The number of rotatable bonds is 2. The number of aromatic nitrogens is 4. The molecule has 4 atom stereocenters. The Labute approximate surface area is 110 Å². The van der Waals surface area contributed by atoms with Gasteiger partial charge in [0.1, 0.15) is 12.2 Å². The fourth-order valence-electron chi connectivity index (χ4n) is 2.21. The summed E-state index contributed by atoms with van der Waals surface area (Å²) in [6, 6.07) is 0. The number of halogens is 1. The van der Waals surface area contributed by atoms with E-state index in [4.69, 9.17) is 15.6 Å². The molecule has 1 fully saturated rings. The highest BCUT2D eigenvalue weighted by atomic mass is 19.1. The van der Waals surface area contributed by atoms with E-state index in [0.717, 1.165) is 0 Å². The first-order valence-electron chi connectivity index (χ1n) is 5.83. The molecule has 3 heterocycles. The summed E-state index contributed by atoms with van der Waals surface area (Å²) in [5.74, 6) is -0.142. The maximum Gasteiger partial charge on any atom is 0.280 e. The molecule has 0 bridgehead atoms. The van der Waals surface area contributed by atoms with Gasteiger partial charge in [-0.3, -0.25) is 14.3 Å². The molecule has 1 aliphatic rings. The Morgan fingerprint density at radius 2 is 2.35 bits per heavy atom. The molecule has 108 valence electrons. The lowest BCUT2D eigenvalue weighted by Crippen LogP contribution is -2.30. The van der Waals surface area contributed by atoms with Crippen molar-refractivity contribution in [1.29, 1.82) is 0 Å². The Bertz CT molecular complexity index is 701. The second-order valence-corrected chi connectivity index (χ2v) is 4.46. The van der Waals surface area contributed by atoms with Gasteiger partial charge in [-0.25, -0.2) is 9.37 Å². The van der Waals surface area contributed by atoms with Gasteiger partial charge in [-0.15, -0.1) is 0 Å². The van der Waals surface area contributed by atoms with Crippen LogP contribution in [-0.2, 0) is 4.74 Å². The van der Waals surface area contributed by atoms with Crippen molar-refractivity contribution in [3.8, 4) is 0 Å². The van der Waals surface area contributed by atoms with Gasteiger partial charge in [-0.2, -0.15) is 4.98 Å². The molecule has 2 aromatic heterocycles. The van der Waals surface area contributed by atoms with E-state index in [1.165, 1.54) is 10.9 Å². The monoisotopic (exact) mass is 285 g/mol. The lowest BCUT2D eigenvalue weighted by atomic mass is 10.1. The highest BCUT2D eigenvalue weighted by Gasteiger charge is 2.45. The Hall–Kier alpha value is -2.04. The van der Waals surface area contributed by atoms with E-state index in [-0.39, 0.29) is 17.1 Å². The summed E-state index contributed by atoms with van der Waals surface area (Å²) in [5.41, 5.74) is 4.91. The summed E-state index contributed by atoms with van der Waals surface area (Å²) >= 11 is 0. The number of alkyl halides is 1. The van der Waals surface area contributed by atoms with Crippen molar-refractivity contribution < 1.29 is 19.3 Å². The lowest BCUT2D eigenvalue weighted by molar-refractivity contribution is -0.0459. The van der Waals surface area contributed by atoms with Gasteiger partial charge < -0.3 is 20.7 Å². The fraction of sp³-hybridized carbons (Fsp3) is 0.500. The summed E-state index contributed by atoms with van der Waals surface area (Å²) in [6.45, 7) is -0.527. The molecule has 5 N–H and O–H groups in total. The van der Waals surface area contributed by atoms with Gasteiger partial charge in [-0.1, -0.05) is 0 Å². The van der Waals surface area contributed by atoms with Gasteiger partial charge in [0.15, 0.2) is 23.6 Å². The highest BCUT2D eigenvalue weighted by molar-refractivity contribution is 5.70. The number of aliphatic hydroxyl groups is 2. The van der Waals surface area contributed by atoms with Crippen LogP contribution < -0.4 is 11.3 Å². The van der Waals surface area contributed by atoms with Gasteiger partial charge in [-0.05, 0) is 0 Å². The van der Waals surface area contributed by atoms with Gasteiger partial charge in [0.05, 0.1) is 12.9 Å². The third kappa shape index (κ3) is 1.77. The number of imidazole rings is 1. The van der Waals surface area contributed by atoms with E-state index in [9.17, 15) is 14.3 Å². The van der Waals surface area contributed by atoms with Crippen LogP contribution in [0.3, 0.4) is 0 Å². The standard InChI is InChI=1S/C10H12FN5O4/c11-4-6(18)3(1-17)20-9(4)16-2-13-5-7(16)14-10(12)15-8(5)19/h2-4,6,9,17-18H,1H2,(H3,12,14,15,19)/t3?,4-,6?,9?/m0/s1. The number of nitrogens with zero attached hydrogens (tertiary/aromatic N) is 3. The van der Waals surface area contributed by atoms with Crippen molar-refractivity contribution in [1.82, 2.24) is 19.5 Å². The molecule has 20 heavy (non-hydrogen) atoms. The molecule has 0 spiro atoms. The third-order valence-corrected chi connectivity index (χ3v) is 3.20. The number of nitrogens with two attached hydrogens (primary N) is 1. The van der Waals surface area contributed by atoms with E-state index >= 15 is 0 Å². The molecule has 0 radical (unpaired) electrons. The molecule has 0 aromatic carbocycles. The number of hydrogen-bond acceptors (Lipinski definition) is 7. The zero-order valence-corrected chi connectivity index (χ0v) is 10.1. The molecule has 9 nitrogen and oxygen atoms in total. The topological polar surface area (TPSA) is 139 Å². The molecular weight excluding hydrogens is 273 g/mol. The molecule has 3 unspecified atom stereocenters. The van der Waals surface area contributed by atoms with Gasteiger partial charge in [0, 0.05) is 0 Å². The minimum absolute atomic E-state index is 0.0167. The molecule has 1 aliphatic heterocycles. The van der Waals surface area contributed by atoms with E-state index in [1.54, 1.807) is 0 Å². The van der Waals surface area contributed by atoms with Gasteiger partial charge >= 0.3 is 0 Å². The van der Waals surface area contributed by atoms with Crippen molar-refractivity contribution in [3.05, 3.63) is 16.7 Å². The number of H-pyrrole nitrogens is 1. The van der Waals surface area contributed by atoms with E-state index in [1.807, 2.05) is 0 Å². The van der Waals surface area contributed by atoms with Crippen molar-refractivity contribution >= 4 is 17.1 Å². The van der Waals surface area contributed by atoms with Crippen LogP contribution in [0.25, 0.3) is 11.2 Å². The Balaban J connectivity index is 2.09. The van der Waals surface area contributed by atoms with Crippen LogP contribution in [0.4, 0.5) is 10.3 Å². The fourth-order valence-corrected chi connectivity index (χ4v) is 2.21. The first-order chi connectivity index (χ1) is 9.52. The van der Waals surface area contributed by atoms with Crippen LogP contribution >= 0.6 is 0 Å². The SMILES string of the molecule is Nc1nc2c(ncn2C2OC(CO)C(O)[C@@H]2F)c(=O)[nH]1. The Morgan fingerprint density at radius 3 is 3.00 bits per heavy atom. The maximum absolute atomic E-state index is 14.0. The smallest absolute Gasteiger partial charge is 0.280 e. The van der Waals surface area contributed by atoms with Gasteiger partial charge in [0.25, 0.3) is 5.56 Å². The largest absolute Gasteiger partial charge is 0.394 e. The first-order valence-corrected chi connectivity index (χ1v) is 5.83. The van der Waals surface area contributed by atoms with Crippen LogP contribution in [0.1, 0.15) is 6.23 Å². The molecule has 2 aromatic rings. The maximum atomic E-state index is 14.0. The minimum Gasteiger partial charge on any atom is -0.394 e. The highest BCUT2D eigenvalue weighted by Crippen LogP contribution is 2.32. The second-order valence-electron chi connectivity index (χ2n) is 4.46. The molecule has 10 heteroatoms. The minimum atomic E-state index is -1.79. The summed E-state index contributed by atoms with van der Waals surface area (Å²) in [5, 5.41) is 18.6. The molecule has 0 amide bonds. The number of aromatic amines is 1. The number of aliphatic hydroxyl groups excluding tert-OH is 2. The lowest BCUT2D eigenvalue weighted by Gasteiger charge is -2.14. The average Bonchev–Trinajstić information content (AvgIpc) is 2.93. The number of nitrogens with one attached hydrogen (secondary N) is 1. The van der Waals surface area contributed by atoms with E-state index < -0.39 is 36.8 Å². The normalized spacial score (nSPS) is 30.1. The number of ether oxygens (including phenoxy) is 1. The third-order valence-electron chi connectivity index (χ3n) is 3.20.